The van der Waals surface area contributed by atoms with Crippen molar-refractivity contribution < 1.29 is 0 Å². The second-order valence-corrected chi connectivity index (χ2v) is 6.97. The molecule has 3 unspecified atom stereocenters. The smallest absolute Gasteiger partial charge is 0.0328 e. The van der Waals surface area contributed by atoms with E-state index in [1.165, 1.54) is 37.7 Å². The highest BCUT2D eigenvalue weighted by atomic mass is 32.2. The topological polar surface area (TPSA) is 12.0 Å². The molecule has 0 spiro atoms. The Morgan fingerprint density at radius 3 is 2.89 bits per heavy atom. The number of benzene rings is 1. The molecule has 0 bridgehead atoms. The molecule has 0 amide bonds. The fourth-order valence-corrected chi connectivity index (χ4v) is 4.28. The van der Waals surface area contributed by atoms with Crippen LogP contribution in [0.5, 0.6) is 0 Å². The minimum absolute atomic E-state index is 0.616. The lowest BCUT2D eigenvalue weighted by atomic mass is 10.0. The molecule has 1 N–H and O–H groups in total. The van der Waals surface area contributed by atoms with Gasteiger partial charge in [-0.3, -0.25) is 0 Å². The number of thioether (sulfide) groups is 1. The Bertz CT molecular complexity index is 429. The van der Waals surface area contributed by atoms with E-state index >= 15 is 0 Å². The van der Waals surface area contributed by atoms with Crippen LogP contribution in [0.3, 0.4) is 0 Å². The highest BCUT2D eigenvalue weighted by molar-refractivity contribution is 7.99. The van der Waals surface area contributed by atoms with Crippen LogP contribution in [0, 0.1) is 6.92 Å². The molecule has 2 heteroatoms. The van der Waals surface area contributed by atoms with Crippen molar-refractivity contribution in [2.45, 2.75) is 56.4 Å². The Hall–Kier alpha value is -0.470. The summed E-state index contributed by atoms with van der Waals surface area (Å²) in [6, 6.07) is 8.33. The Morgan fingerprint density at radius 1 is 1.22 bits per heavy atom. The first-order chi connectivity index (χ1) is 8.76. The van der Waals surface area contributed by atoms with E-state index < -0.39 is 0 Å². The normalized spacial score (nSPS) is 30.7. The molecule has 0 saturated heterocycles. The molecule has 0 aromatic heterocycles. The van der Waals surface area contributed by atoms with Crippen LogP contribution in [0.25, 0.3) is 0 Å². The van der Waals surface area contributed by atoms with E-state index in [2.05, 4.69) is 36.7 Å². The Labute approximate surface area is 115 Å². The summed E-state index contributed by atoms with van der Waals surface area (Å²) in [5.74, 6) is 0. The Balaban J connectivity index is 1.68. The first-order valence-electron chi connectivity index (χ1n) is 7.14. The third kappa shape index (κ3) is 2.46. The van der Waals surface area contributed by atoms with Crippen molar-refractivity contribution in [3.63, 3.8) is 0 Å². The summed E-state index contributed by atoms with van der Waals surface area (Å²) in [7, 11) is 0. The third-order valence-electron chi connectivity index (χ3n) is 4.53. The standard InChI is InChI=1S/C16H23NS/c1-11-3-4-12-5-8-16(15(12)9-11)17-13-6-7-14(10-13)18-2/h3-4,9,13-14,16-17H,5-8,10H2,1-2H3. The predicted octanol–water partition coefficient (Wildman–Crippen LogP) is 3.86. The zero-order valence-electron chi connectivity index (χ0n) is 11.4. The molecular weight excluding hydrogens is 238 g/mol. The minimum atomic E-state index is 0.616. The van der Waals surface area contributed by atoms with Crippen LogP contribution in [0.1, 0.15) is 48.4 Å². The SMILES string of the molecule is CSC1CCC(NC2CCc3ccc(C)cc32)C1. The van der Waals surface area contributed by atoms with Gasteiger partial charge in [0, 0.05) is 17.3 Å². The first kappa shape index (κ1) is 12.6. The second kappa shape index (κ2) is 5.26. The number of fused-ring (bicyclic) bond motifs is 1. The molecule has 1 nitrogen and oxygen atoms in total. The highest BCUT2D eigenvalue weighted by Gasteiger charge is 2.29. The van der Waals surface area contributed by atoms with Gasteiger partial charge >= 0.3 is 0 Å². The van der Waals surface area contributed by atoms with Gasteiger partial charge in [-0.2, -0.15) is 11.8 Å². The molecule has 3 rings (SSSR count). The van der Waals surface area contributed by atoms with Crippen LogP contribution in [0.4, 0.5) is 0 Å². The van der Waals surface area contributed by atoms with E-state index in [-0.39, 0.29) is 0 Å². The van der Waals surface area contributed by atoms with Gasteiger partial charge in [-0.1, -0.05) is 23.8 Å². The zero-order chi connectivity index (χ0) is 12.5. The highest BCUT2D eigenvalue weighted by Crippen LogP contribution is 2.35. The number of rotatable bonds is 3. The Morgan fingerprint density at radius 2 is 2.11 bits per heavy atom. The molecule has 18 heavy (non-hydrogen) atoms. The molecule has 2 aliphatic carbocycles. The predicted molar refractivity (Wildman–Crippen MR) is 80.3 cm³/mol. The monoisotopic (exact) mass is 261 g/mol. The minimum Gasteiger partial charge on any atom is -0.307 e. The lowest BCUT2D eigenvalue weighted by Gasteiger charge is -2.20. The molecule has 1 aromatic carbocycles. The molecule has 1 fully saturated rings. The molecule has 1 aromatic rings. The van der Waals surface area contributed by atoms with Gasteiger partial charge in [-0.05, 0) is 56.4 Å². The van der Waals surface area contributed by atoms with E-state index in [0.29, 0.717) is 6.04 Å². The summed E-state index contributed by atoms with van der Waals surface area (Å²) >= 11 is 2.04. The van der Waals surface area contributed by atoms with E-state index in [0.717, 1.165) is 11.3 Å². The second-order valence-electron chi connectivity index (χ2n) is 5.83. The van der Waals surface area contributed by atoms with Crippen LogP contribution in [0.15, 0.2) is 18.2 Å². The lowest BCUT2D eigenvalue weighted by Crippen LogP contribution is -2.30. The van der Waals surface area contributed by atoms with E-state index in [9.17, 15) is 0 Å². The molecule has 0 heterocycles. The fourth-order valence-electron chi connectivity index (χ4n) is 3.48. The van der Waals surface area contributed by atoms with Gasteiger partial charge < -0.3 is 5.32 Å². The summed E-state index contributed by atoms with van der Waals surface area (Å²) in [5.41, 5.74) is 4.54. The number of hydrogen-bond acceptors (Lipinski definition) is 2. The van der Waals surface area contributed by atoms with Crippen molar-refractivity contribution in [3.05, 3.63) is 34.9 Å². The number of hydrogen-bond donors (Lipinski definition) is 1. The van der Waals surface area contributed by atoms with Crippen LogP contribution >= 0.6 is 11.8 Å². The maximum atomic E-state index is 3.91. The molecule has 3 atom stereocenters. The first-order valence-corrected chi connectivity index (χ1v) is 8.43. The maximum absolute atomic E-state index is 3.91. The van der Waals surface area contributed by atoms with Crippen LogP contribution in [-0.2, 0) is 6.42 Å². The average molecular weight is 261 g/mol. The van der Waals surface area contributed by atoms with Crippen molar-refractivity contribution in [2.24, 2.45) is 0 Å². The van der Waals surface area contributed by atoms with Gasteiger partial charge in [0.1, 0.15) is 0 Å². The molecule has 1 saturated carbocycles. The van der Waals surface area contributed by atoms with Crippen LogP contribution < -0.4 is 5.32 Å². The van der Waals surface area contributed by atoms with Crippen molar-refractivity contribution in [1.82, 2.24) is 5.32 Å². The molecular formula is C16H23NS. The van der Waals surface area contributed by atoms with Crippen molar-refractivity contribution in [1.29, 1.82) is 0 Å². The quantitative estimate of drug-likeness (QED) is 0.887. The molecule has 0 radical (unpaired) electrons. The van der Waals surface area contributed by atoms with E-state index in [4.69, 9.17) is 0 Å². The van der Waals surface area contributed by atoms with Crippen LogP contribution in [0.2, 0.25) is 0 Å². The van der Waals surface area contributed by atoms with E-state index in [1.807, 2.05) is 11.8 Å². The molecule has 98 valence electrons. The maximum Gasteiger partial charge on any atom is 0.0328 e. The number of aryl methyl sites for hydroxylation is 2. The number of nitrogens with one attached hydrogen (secondary N) is 1. The fraction of sp³-hybridized carbons (Fsp3) is 0.625. The van der Waals surface area contributed by atoms with Crippen molar-refractivity contribution in [2.75, 3.05) is 6.26 Å². The van der Waals surface area contributed by atoms with Gasteiger partial charge in [0.25, 0.3) is 0 Å². The largest absolute Gasteiger partial charge is 0.307 e. The summed E-state index contributed by atoms with van der Waals surface area (Å²) < 4.78 is 0. The molecule has 0 aliphatic heterocycles. The Kier molecular flexibility index (Phi) is 3.67. The van der Waals surface area contributed by atoms with Crippen LogP contribution in [-0.4, -0.2) is 17.5 Å². The average Bonchev–Trinajstić information content (AvgIpc) is 2.97. The van der Waals surface area contributed by atoms with Crippen molar-refractivity contribution >= 4 is 11.8 Å². The summed E-state index contributed by atoms with van der Waals surface area (Å²) in [5, 5.41) is 4.80. The van der Waals surface area contributed by atoms with Gasteiger partial charge in [0.05, 0.1) is 0 Å². The van der Waals surface area contributed by atoms with Crippen molar-refractivity contribution in [3.8, 4) is 0 Å². The van der Waals surface area contributed by atoms with Gasteiger partial charge in [0.15, 0.2) is 0 Å². The lowest BCUT2D eigenvalue weighted by molar-refractivity contribution is 0.438. The zero-order valence-corrected chi connectivity index (χ0v) is 12.2. The summed E-state index contributed by atoms with van der Waals surface area (Å²) in [6.07, 6.45) is 8.92. The van der Waals surface area contributed by atoms with E-state index in [1.54, 1.807) is 11.1 Å². The van der Waals surface area contributed by atoms with Gasteiger partial charge in [0.2, 0.25) is 0 Å². The summed E-state index contributed by atoms with van der Waals surface area (Å²) in [4.78, 5) is 0. The van der Waals surface area contributed by atoms with Gasteiger partial charge in [-0.15, -0.1) is 0 Å². The molecule has 2 aliphatic rings. The van der Waals surface area contributed by atoms with Gasteiger partial charge in [-0.25, -0.2) is 0 Å². The third-order valence-corrected chi connectivity index (χ3v) is 5.63. The summed E-state index contributed by atoms with van der Waals surface area (Å²) in [6.45, 7) is 2.20.